The van der Waals surface area contributed by atoms with Crippen LogP contribution in [0.4, 0.5) is 13.2 Å². The van der Waals surface area contributed by atoms with Crippen LogP contribution in [0, 0.1) is 13.8 Å². The van der Waals surface area contributed by atoms with Crippen molar-refractivity contribution in [1.82, 2.24) is 5.32 Å². The Balaban J connectivity index is 2.06. The predicted octanol–water partition coefficient (Wildman–Crippen LogP) is 4.94. The van der Waals surface area contributed by atoms with Gasteiger partial charge in [0.15, 0.2) is 6.61 Å². The van der Waals surface area contributed by atoms with Gasteiger partial charge in [-0.2, -0.15) is 24.9 Å². The van der Waals surface area contributed by atoms with E-state index in [4.69, 9.17) is 20.9 Å². The van der Waals surface area contributed by atoms with Gasteiger partial charge >= 0.3 is 6.18 Å². The summed E-state index contributed by atoms with van der Waals surface area (Å²) in [4.78, 5) is 13.0. The number of amides is 1. The largest absolute Gasteiger partial charge is 0.445 e. The van der Waals surface area contributed by atoms with Crippen LogP contribution in [-0.4, -0.2) is 42.4 Å². The molecule has 29 heavy (non-hydrogen) atoms. The fourth-order valence-electron chi connectivity index (χ4n) is 3.61. The summed E-state index contributed by atoms with van der Waals surface area (Å²) in [5.74, 6) is 1.67. The number of aryl methyl sites for hydroxylation is 2. The fraction of sp³-hybridized carbons (Fsp3) is 0.526. The molecule has 10 heteroatoms. The number of alkyl halides is 3. The molecule has 1 aromatic carbocycles. The van der Waals surface area contributed by atoms with E-state index in [-0.39, 0.29) is 5.91 Å². The molecule has 0 bridgehead atoms. The van der Waals surface area contributed by atoms with E-state index in [1.165, 1.54) is 6.66 Å². The van der Waals surface area contributed by atoms with Crippen molar-refractivity contribution in [3.63, 3.8) is 0 Å². The number of carbonyl (C=O) groups is 1. The van der Waals surface area contributed by atoms with Crippen LogP contribution >= 0.6 is 18.3 Å². The van der Waals surface area contributed by atoms with Crippen molar-refractivity contribution in [2.24, 2.45) is 0 Å². The monoisotopic (exact) mass is 465 g/mol. The standard InChI is InChI=1S/C19H23F3NO3PS2/c1-12-4-5-14(13(2)10-12)15-16(26-27(3,28)25-11-19(20,21)22)18(23-17(15)24)6-8-29-9-7-18/h4-5,10H,6-9,11H2,1-3H3,(H,23,24). The van der Waals surface area contributed by atoms with E-state index in [9.17, 15) is 18.0 Å². The first-order valence-electron chi connectivity index (χ1n) is 9.13. The number of nitrogens with one attached hydrogen (secondary N) is 1. The van der Waals surface area contributed by atoms with Gasteiger partial charge in [0.1, 0.15) is 11.3 Å². The molecule has 2 aliphatic rings. The molecule has 0 aromatic heterocycles. The van der Waals surface area contributed by atoms with Crippen molar-refractivity contribution in [3.05, 3.63) is 40.6 Å². The topological polar surface area (TPSA) is 47.6 Å². The lowest BCUT2D eigenvalue weighted by atomic mass is 9.89. The molecule has 1 amide bonds. The Morgan fingerprint density at radius 1 is 1.28 bits per heavy atom. The predicted molar refractivity (Wildman–Crippen MR) is 114 cm³/mol. The summed E-state index contributed by atoms with van der Waals surface area (Å²) in [7, 11) is 0. The Morgan fingerprint density at radius 2 is 1.93 bits per heavy atom. The molecule has 1 unspecified atom stereocenters. The first-order chi connectivity index (χ1) is 13.4. The molecule has 2 aliphatic heterocycles. The van der Waals surface area contributed by atoms with E-state index in [0.29, 0.717) is 29.7 Å². The van der Waals surface area contributed by atoms with Crippen molar-refractivity contribution in [2.75, 3.05) is 24.8 Å². The number of hydrogen-bond acceptors (Lipinski definition) is 5. The summed E-state index contributed by atoms with van der Waals surface area (Å²) >= 11 is 7.05. The number of halogens is 3. The Morgan fingerprint density at radius 3 is 2.52 bits per heavy atom. The Bertz CT molecular complexity index is 895. The maximum Gasteiger partial charge on any atom is 0.412 e. The Kier molecular flexibility index (Phi) is 6.45. The van der Waals surface area contributed by atoms with Gasteiger partial charge < -0.3 is 14.4 Å². The zero-order chi connectivity index (χ0) is 21.4. The third-order valence-electron chi connectivity index (χ3n) is 4.96. The highest BCUT2D eigenvalue weighted by molar-refractivity contribution is 8.09. The highest BCUT2D eigenvalue weighted by Crippen LogP contribution is 2.54. The minimum atomic E-state index is -4.50. The molecule has 160 valence electrons. The minimum Gasteiger partial charge on any atom is -0.445 e. The second-order valence-corrected chi connectivity index (χ2v) is 12.6. The van der Waals surface area contributed by atoms with Crippen molar-refractivity contribution >= 4 is 41.5 Å². The van der Waals surface area contributed by atoms with Gasteiger partial charge in [-0.25, -0.2) is 0 Å². The maximum absolute atomic E-state index is 13.0. The lowest BCUT2D eigenvalue weighted by Crippen LogP contribution is -2.47. The van der Waals surface area contributed by atoms with Gasteiger partial charge in [-0.1, -0.05) is 23.8 Å². The smallest absolute Gasteiger partial charge is 0.412 e. The van der Waals surface area contributed by atoms with Crippen molar-refractivity contribution in [2.45, 2.75) is 38.4 Å². The number of rotatable bonds is 5. The number of benzene rings is 1. The SMILES string of the molecule is Cc1ccc(C2=C(OP(C)(=S)OCC(F)(F)F)C3(CCSCC3)NC2=O)c(C)c1. The quantitative estimate of drug-likeness (QED) is 0.624. The van der Waals surface area contributed by atoms with Gasteiger partial charge in [0, 0.05) is 6.66 Å². The summed E-state index contributed by atoms with van der Waals surface area (Å²) in [5, 5.41) is 3.05. The van der Waals surface area contributed by atoms with Crippen LogP contribution in [-0.2, 0) is 25.6 Å². The molecule has 1 aromatic rings. The molecule has 1 N–H and O–H groups in total. The third kappa shape index (κ3) is 5.19. The summed E-state index contributed by atoms with van der Waals surface area (Å²) in [6.07, 6.45) is -3.25. The van der Waals surface area contributed by atoms with Gasteiger partial charge in [-0.3, -0.25) is 4.79 Å². The Labute approximate surface area is 177 Å². The van der Waals surface area contributed by atoms with Crippen LogP contribution in [0.1, 0.15) is 29.5 Å². The first kappa shape index (κ1) is 22.7. The third-order valence-corrected chi connectivity index (χ3v) is 7.60. The summed E-state index contributed by atoms with van der Waals surface area (Å²) in [5.41, 5.74) is 2.23. The van der Waals surface area contributed by atoms with Crippen molar-refractivity contribution in [1.29, 1.82) is 0 Å². The Hall–Kier alpha value is -1.02. The van der Waals surface area contributed by atoms with Crippen LogP contribution in [0.2, 0.25) is 0 Å². The normalized spacial score (nSPS) is 21.2. The zero-order valence-corrected chi connectivity index (χ0v) is 18.9. The summed E-state index contributed by atoms with van der Waals surface area (Å²) < 4.78 is 48.9. The number of hydrogen-bond donors (Lipinski definition) is 1. The van der Waals surface area contributed by atoms with Gasteiger partial charge in [-0.15, -0.1) is 0 Å². The molecule has 1 saturated heterocycles. The highest BCUT2D eigenvalue weighted by atomic mass is 32.5. The van der Waals surface area contributed by atoms with E-state index in [0.717, 1.165) is 22.6 Å². The zero-order valence-electron chi connectivity index (χ0n) is 16.4. The van der Waals surface area contributed by atoms with E-state index >= 15 is 0 Å². The molecular formula is C19H23F3NO3PS2. The van der Waals surface area contributed by atoms with Gasteiger partial charge in [0.25, 0.3) is 5.91 Å². The summed E-state index contributed by atoms with van der Waals surface area (Å²) in [6, 6.07) is 5.69. The van der Waals surface area contributed by atoms with Gasteiger partial charge in [0.05, 0.1) is 5.57 Å². The molecule has 0 aliphatic carbocycles. The van der Waals surface area contributed by atoms with Crippen LogP contribution in [0.25, 0.3) is 5.57 Å². The lowest BCUT2D eigenvalue weighted by Gasteiger charge is -2.36. The number of carbonyl (C=O) groups excluding carboxylic acids is 1. The lowest BCUT2D eigenvalue weighted by molar-refractivity contribution is -0.153. The maximum atomic E-state index is 13.0. The molecule has 1 fully saturated rings. The van der Waals surface area contributed by atoms with E-state index in [1.807, 2.05) is 32.0 Å². The van der Waals surface area contributed by atoms with Crippen molar-refractivity contribution in [3.8, 4) is 0 Å². The highest BCUT2D eigenvalue weighted by Gasteiger charge is 2.49. The van der Waals surface area contributed by atoms with E-state index < -0.39 is 24.8 Å². The van der Waals surface area contributed by atoms with Crippen LogP contribution in [0.15, 0.2) is 24.0 Å². The van der Waals surface area contributed by atoms with Crippen molar-refractivity contribution < 1.29 is 27.0 Å². The number of thioether (sulfide) groups is 1. The molecule has 4 nitrogen and oxygen atoms in total. The van der Waals surface area contributed by atoms with Crippen LogP contribution in [0.3, 0.4) is 0 Å². The molecule has 3 rings (SSSR count). The van der Waals surface area contributed by atoms with Gasteiger partial charge in [-0.05, 0) is 61.1 Å². The first-order valence-corrected chi connectivity index (χ1v) is 13.4. The van der Waals surface area contributed by atoms with Crippen LogP contribution in [0.5, 0.6) is 0 Å². The average molecular weight is 465 g/mol. The van der Waals surface area contributed by atoms with Crippen LogP contribution < -0.4 is 5.32 Å². The molecule has 0 saturated carbocycles. The average Bonchev–Trinajstić information content (AvgIpc) is 2.84. The molecular weight excluding hydrogens is 442 g/mol. The van der Waals surface area contributed by atoms with E-state index in [2.05, 4.69) is 5.32 Å². The molecule has 0 radical (unpaired) electrons. The fourth-order valence-corrected chi connectivity index (χ4v) is 6.21. The molecule has 2 heterocycles. The molecule has 1 spiro atoms. The minimum absolute atomic E-state index is 0.287. The summed E-state index contributed by atoms with van der Waals surface area (Å²) in [6.45, 7) is 0.457. The second-order valence-electron chi connectivity index (χ2n) is 7.42. The van der Waals surface area contributed by atoms with E-state index in [1.54, 1.807) is 11.8 Å². The molecule has 1 atom stereocenters. The second kappa shape index (κ2) is 8.25. The van der Waals surface area contributed by atoms with Gasteiger partial charge in [0.2, 0.25) is 6.49 Å².